The van der Waals surface area contributed by atoms with Crippen molar-refractivity contribution in [1.29, 1.82) is 5.41 Å². The summed E-state index contributed by atoms with van der Waals surface area (Å²) in [7, 11) is 0. The highest BCUT2D eigenvalue weighted by Crippen LogP contribution is 2.47. The third-order valence-electron chi connectivity index (χ3n) is 4.36. The molecule has 0 saturated carbocycles. The summed E-state index contributed by atoms with van der Waals surface area (Å²) >= 11 is 0. The molecule has 0 aromatic heterocycles. The van der Waals surface area contributed by atoms with Crippen LogP contribution in [0.3, 0.4) is 0 Å². The van der Waals surface area contributed by atoms with Crippen LogP contribution >= 0.6 is 0 Å². The standard InChI is InChI=1S/C16H21NO2/c1-15(2)9-18-13(15)11-4-6-12(7-5-11)14-16(3,8-17)10-19-14/h4-8,13-14,17H,9-10H2,1-3H3. The van der Waals surface area contributed by atoms with Crippen molar-refractivity contribution in [2.75, 3.05) is 13.2 Å². The Morgan fingerprint density at radius 3 is 1.84 bits per heavy atom. The maximum atomic E-state index is 7.51. The first-order valence-electron chi connectivity index (χ1n) is 6.81. The van der Waals surface area contributed by atoms with E-state index in [1.807, 2.05) is 0 Å². The van der Waals surface area contributed by atoms with Crippen molar-refractivity contribution >= 4 is 6.21 Å². The lowest BCUT2D eigenvalue weighted by atomic mass is 9.76. The van der Waals surface area contributed by atoms with Gasteiger partial charge in [0.1, 0.15) is 0 Å². The van der Waals surface area contributed by atoms with E-state index in [1.165, 1.54) is 11.8 Å². The largest absolute Gasteiger partial charge is 0.372 e. The van der Waals surface area contributed by atoms with Crippen molar-refractivity contribution in [1.82, 2.24) is 0 Å². The Balaban J connectivity index is 1.78. The van der Waals surface area contributed by atoms with E-state index in [2.05, 4.69) is 45.0 Å². The fourth-order valence-corrected chi connectivity index (χ4v) is 2.92. The molecule has 2 fully saturated rings. The van der Waals surface area contributed by atoms with Crippen molar-refractivity contribution < 1.29 is 9.47 Å². The van der Waals surface area contributed by atoms with Crippen molar-refractivity contribution in [3.63, 3.8) is 0 Å². The first kappa shape index (κ1) is 12.8. The molecule has 2 saturated heterocycles. The average Bonchev–Trinajstić information content (AvgIpc) is 2.37. The predicted molar refractivity (Wildman–Crippen MR) is 74.5 cm³/mol. The minimum absolute atomic E-state index is 0.0226. The first-order chi connectivity index (χ1) is 8.96. The minimum Gasteiger partial charge on any atom is -0.372 e. The Morgan fingerprint density at radius 2 is 1.53 bits per heavy atom. The van der Waals surface area contributed by atoms with Crippen LogP contribution in [0, 0.1) is 16.2 Å². The van der Waals surface area contributed by atoms with Gasteiger partial charge in [0.25, 0.3) is 0 Å². The normalized spacial score (nSPS) is 36.2. The van der Waals surface area contributed by atoms with Gasteiger partial charge in [-0.25, -0.2) is 0 Å². The molecule has 3 rings (SSSR count). The summed E-state index contributed by atoms with van der Waals surface area (Å²) < 4.78 is 11.3. The third kappa shape index (κ3) is 1.92. The molecule has 19 heavy (non-hydrogen) atoms. The Kier molecular flexibility index (Phi) is 2.80. The maximum absolute atomic E-state index is 7.51. The molecule has 2 heterocycles. The first-order valence-corrected chi connectivity index (χ1v) is 6.81. The molecular weight excluding hydrogens is 238 g/mol. The van der Waals surface area contributed by atoms with Gasteiger partial charge >= 0.3 is 0 Å². The van der Waals surface area contributed by atoms with Crippen molar-refractivity contribution in [2.24, 2.45) is 10.8 Å². The number of hydrogen-bond acceptors (Lipinski definition) is 3. The Morgan fingerprint density at radius 1 is 1.00 bits per heavy atom. The van der Waals surface area contributed by atoms with Crippen LogP contribution < -0.4 is 0 Å². The SMILES string of the molecule is CC1(C)COC1c1ccc(C2OCC2(C)C=N)cc1. The molecule has 0 bridgehead atoms. The lowest BCUT2D eigenvalue weighted by Crippen LogP contribution is -2.44. The number of ether oxygens (including phenoxy) is 2. The lowest BCUT2D eigenvalue weighted by molar-refractivity contribution is -0.172. The van der Waals surface area contributed by atoms with Crippen LogP contribution in [0.1, 0.15) is 44.1 Å². The van der Waals surface area contributed by atoms with E-state index in [4.69, 9.17) is 14.9 Å². The molecule has 1 aromatic carbocycles. The van der Waals surface area contributed by atoms with E-state index < -0.39 is 0 Å². The van der Waals surface area contributed by atoms with E-state index in [9.17, 15) is 0 Å². The van der Waals surface area contributed by atoms with E-state index >= 15 is 0 Å². The Bertz CT molecular complexity index is 494. The summed E-state index contributed by atoms with van der Waals surface area (Å²) in [5.41, 5.74) is 2.47. The second-order valence-corrected chi connectivity index (χ2v) is 6.69. The summed E-state index contributed by atoms with van der Waals surface area (Å²) in [5, 5.41) is 7.51. The van der Waals surface area contributed by atoms with Gasteiger partial charge in [0, 0.05) is 11.6 Å². The van der Waals surface area contributed by atoms with Gasteiger partial charge in [0.2, 0.25) is 0 Å². The predicted octanol–water partition coefficient (Wildman–Crippen LogP) is 3.51. The highest BCUT2D eigenvalue weighted by Gasteiger charge is 2.44. The van der Waals surface area contributed by atoms with Crippen molar-refractivity contribution in [3.05, 3.63) is 35.4 Å². The van der Waals surface area contributed by atoms with Gasteiger partial charge in [-0.3, -0.25) is 0 Å². The van der Waals surface area contributed by atoms with E-state index in [0.29, 0.717) is 6.61 Å². The molecule has 3 nitrogen and oxygen atoms in total. The monoisotopic (exact) mass is 259 g/mol. The number of nitrogens with one attached hydrogen (secondary N) is 1. The average molecular weight is 259 g/mol. The molecule has 102 valence electrons. The van der Waals surface area contributed by atoms with E-state index in [0.717, 1.165) is 12.2 Å². The summed E-state index contributed by atoms with van der Waals surface area (Å²) in [6.07, 6.45) is 1.74. The fraction of sp³-hybridized carbons (Fsp3) is 0.562. The molecular formula is C16H21NO2. The van der Waals surface area contributed by atoms with Crippen molar-refractivity contribution in [2.45, 2.75) is 33.0 Å². The molecule has 0 spiro atoms. The Labute approximate surface area is 114 Å². The topological polar surface area (TPSA) is 42.3 Å². The zero-order valence-corrected chi connectivity index (χ0v) is 11.8. The molecule has 1 N–H and O–H groups in total. The summed E-state index contributed by atoms with van der Waals surface area (Å²) in [5.74, 6) is 0. The van der Waals surface area contributed by atoms with Crippen molar-refractivity contribution in [3.8, 4) is 0 Å². The van der Waals surface area contributed by atoms with E-state index in [-0.39, 0.29) is 23.0 Å². The minimum atomic E-state index is -0.145. The molecule has 2 aliphatic heterocycles. The van der Waals surface area contributed by atoms with Gasteiger partial charge in [-0.1, -0.05) is 38.1 Å². The van der Waals surface area contributed by atoms with Crippen LogP contribution in [0.15, 0.2) is 24.3 Å². The Hall–Kier alpha value is -1.19. The van der Waals surface area contributed by atoms with Gasteiger partial charge in [-0.15, -0.1) is 0 Å². The summed E-state index contributed by atoms with van der Waals surface area (Å²) in [4.78, 5) is 0. The van der Waals surface area contributed by atoms with Crippen LogP contribution in [0.2, 0.25) is 0 Å². The number of hydrogen-bond donors (Lipinski definition) is 1. The summed E-state index contributed by atoms with van der Waals surface area (Å²) in [6, 6.07) is 8.48. The molecule has 2 aliphatic rings. The van der Waals surface area contributed by atoms with Gasteiger partial charge in [-0.2, -0.15) is 0 Å². The molecule has 3 atom stereocenters. The van der Waals surface area contributed by atoms with Gasteiger partial charge in [0.15, 0.2) is 0 Å². The molecule has 3 unspecified atom stereocenters. The van der Waals surface area contributed by atoms with Gasteiger partial charge in [0.05, 0.1) is 30.8 Å². The van der Waals surface area contributed by atoms with E-state index in [1.54, 1.807) is 0 Å². The zero-order chi connectivity index (χ0) is 13.7. The van der Waals surface area contributed by atoms with Crippen LogP contribution in [0.25, 0.3) is 0 Å². The number of rotatable bonds is 3. The molecule has 0 amide bonds. The molecule has 0 radical (unpaired) electrons. The highest BCUT2D eigenvalue weighted by molar-refractivity contribution is 5.65. The smallest absolute Gasteiger partial charge is 0.0950 e. The van der Waals surface area contributed by atoms with Crippen LogP contribution in [0.4, 0.5) is 0 Å². The van der Waals surface area contributed by atoms with Crippen LogP contribution in [-0.2, 0) is 9.47 Å². The summed E-state index contributed by atoms with van der Waals surface area (Å²) in [6.45, 7) is 8.01. The fourth-order valence-electron chi connectivity index (χ4n) is 2.92. The molecule has 3 heteroatoms. The molecule has 0 aliphatic carbocycles. The highest BCUT2D eigenvalue weighted by atomic mass is 16.5. The third-order valence-corrected chi connectivity index (χ3v) is 4.36. The zero-order valence-electron chi connectivity index (χ0n) is 11.8. The second-order valence-electron chi connectivity index (χ2n) is 6.69. The second kappa shape index (κ2) is 4.15. The lowest BCUT2D eigenvalue weighted by Gasteiger charge is -2.45. The van der Waals surface area contributed by atoms with Crippen LogP contribution in [-0.4, -0.2) is 19.4 Å². The van der Waals surface area contributed by atoms with Gasteiger partial charge in [-0.05, 0) is 18.1 Å². The number of benzene rings is 1. The molecule has 1 aromatic rings. The quantitative estimate of drug-likeness (QED) is 0.844. The maximum Gasteiger partial charge on any atom is 0.0950 e. The van der Waals surface area contributed by atoms with Crippen LogP contribution in [0.5, 0.6) is 0 Å². The van der Waals surface area contributed by atoms with Gasteiger partial charge < -0.3 is 14.9 Å².